The van der Waals surface area contributed by atoms with Crippen molar-refractivity contribution in [3.8, 4) is 5.75 Å². The van der Waals surface area contributed by atoms with E-state index >= 15 is 0 Å². The molecule has 0 aliphatic carbocycles. The summed E-state index contributed by atoms with van der Waals surface area (Å²) < 4.78 is 24.1. The van der Waals surface area contributed by atoms with Gasteiger partial charge in [0.05, 0.1) is 0 Å². The van der Waals surface area contributed by atoms with Crippen molar-refractivity contribution in [2.45, 2.75) is 32.5 Å². The molecule has 1 atom stereocenters. The standard InChI is InChI=1S/C18H27FN2O4/c1-18(2,3)25-17(23)21-10-8-20(9-11-21)12-14(22)13-24-16-7-5-4-6-15(16)19/h4-7,14,22H,8-13H2,1-3H3. The number of nitrogens with zero attached hydrogens (tertiary/aromatic N) is 2. The summed E-state index contributed by atoms with van der Waals surface area (Å²) >= 11 is 0. The molecule has 0 radical (unpaired) electrons. The van der Waals surface area contributed by atoms with Gasteiger partial charge < -0.3 is 19.5 Å². The summed E-state index contributed by atoms with van der Waals surface area (Å²) in [6, 6.07) is 6.11. The number of aliphatic hydroxyl groups excluding tert-OH is 1. The summed E-state index contributed by atoms with van der Waals surface area (Å²) in [5, 5.41) is 10.1. The summed E-state index contributed by atoms with van der Waals surface area (Å²) in [7, 11) is 0. The first kappa shape index (κ1) is 19.5. The Morgan fingerprint density at radius 3 is 2.48 bits per heavy atom. The molecule has 7 heteroatoms. The Balaban J connectivity index is 1.71. The number of β-amino-alcohol motifs (C(OH)–C–C–N with tert-alkyl or cyclic N) is 1. The first-order chi connectivity index (χ1) is 11.7. The highest BCUT2D eigenvalue weighted by Gasteiger charge is 2.26. The van der Waals surface area contributed by atoms with Crippen molar-refractivity contribution in [3.63, 3.8) is 0 Å². The zero-order chi connectivity index (χ0) is 18.4. The first-order valence-electron chi connectivity index (χ1n) is 8.50. The maximum Gasteiger partial charge on any atom is 0.410 e. The van der Waals surface area contributed by atoms with E-state index in [0.29, 0.717) is 32.7 Å². The molecule has 1 aliphatic rings. The number of ether oxygens (including phenoxy) is 2. The summed E-state index contributed by atoms with van der Waals surface area (Å²) in [5.41, 5.74) is -0.505. The molecule has 1 aliphatic heterocycles. The molecular formula is C18H27FN2O4. The lowest BCUT2D eigenvalue weighted by molar-refractivity contribution is 0.00702. The molecule has 1 aromatic carbocycles. The number of amides is 1. The van der Waals surface area contributed by atoms with E-state index in [9.17, 15) is 14.3 Å². The van der Waals surface area contributed by atoms with Crippen LogP contribution in [0.2, 0.25) is 0 Å². The number of aliphatic hydroxyl groups is 1. The number of hydrogen-bond donors (Lipinski definition) is 1. The van der Waals surface area contributed by atoms with Crippen molar-refractivity contribution < 1.29 is 23.8 Å². The topological polar surface area (TPSA) is 62.2 Å². The molecule has 25 heavy (non-hydrogen) atoms. The van der Waals surface area contributed by atoms with E-state index in [-0.39, 0.29) is 18.4 Å². The van der Waals surface area contributed by atoms with Gasteiger partial charge in [-0.25, -0.2) is 9.18 Å². The molecule has 2 rings (SSSR count). The Bertz CT molecular complexity index is 568. The number of piperazine rings is 1. The van der Waals surface area contributed by atoms with Gasteiger partial charge in [-0.15, -0.1) is 0 Å². The fourth-order valence-corrected chi connectivity index (χ4v) is 2.54. The van der Waals surface area contributed by atoms with Gasteiger partial charge in [0.15, 0.2) is 11.6 Å². The highest BCUT2D eigenvalue weighted by atomic mass is 19.1. The monoisotopic (exact) mass is 354 g/mol. The molecule has 1 saturated heterocycles. The average Bonchev–Trinajstić information content (AvgIpc) is 2.53. The lowest BCUT2D eigenvalue weighted by atomic mass is 10.2. The lowest BCUT2D eigenvalue weighted by Gasteiger charge is -2.36. The van der Waals surface area contributed by atoms with E-state index in [1.54, 1.807) is 17.0 Å². The zero-order valence-electron chi connectivity index (χ0n) is 15.1. The predicted molar refractivity (Wildman–Crippen MR) is 92.1 cm³/mol. The van der Waals surface area contributed by atoms with Gasteiger partial charge in [0.1, 0.15) is 18.3 Å². The van der Waals surface area contributed by atoms with E-state index in [1.807, 2.05) is 20.8 Å². The van der Waals surface area contributed by atoms with Crippen molar-refractivity contribution in [2.75, 3.05) is 39.3 Å². The highest BCUT2D eigenvalue weighted by Crippen LogP contribution is 2.16. The van der Waals surface area contributed by atoms with Gasteiger partial charge in [0, 0.05) is 32.7 Å². The third-order valence-electron chi connectivity index (χ3n) is 3.76. The number of carbonyl (C=O) groups is 1. The molecule has 6 nitrogen and oxygen atoms in total. The molecule has 1 unspecified atom stereocenters. The average molecular weight is 354 g/mol. The van der Waals surface area contributed by atoms with Gasteiger partial charge in [0.25, 0.3) is 0 Å². The van der Waals surface area contributed by atoms with Crippen LogP contribution >= 0.6 is 0 Å². The second-order valence-electron chi connectivity index (χ2n) is 7.16. The van der Waals surface area contributed by atoms with Crippen LogP contribution in [-0.2, 0) is 4.74 Å². The molecule has 1 heterocycles. The Morgan fingerprint density at radius 2 is 1.88 bits per heavy atom. The summed E-state index contributed by atoms with van der Waals surface area (Å²) in [6.07, 6.45) is -1.04. The third-order valence-corrected chi connectivity index (χ3v) is 3.76. The number of benzene rings is 1. The summed E-state index contributed by atoms with van der Waals surface area (Å²) in [4.78, 5) is 15.7. The SMILES string of the molecule is CC(C)(C)OC(=O)N1CCN(CC(O)COc2ccccc2F)CC1. The summed E-state index contributed by atoms with van der Waals surface area (Å²) in [5.74, 6) is -0.308. The van der Waals surface area contributed by atoms with Gasteiger partial charge in [-0.2, -0.15) is 0 Å². The summed E-state index contributed by atoms with van der Waals surface area (Å²) in [6.45, 7) is 8.36. The second kappa shape index (κ2) is 8.49. The van der Waals surface area contributed by atoms with Crippen molar-refractivity contribution in [1.29, 1.82) is 0 Å². The Kier molecular flexibility index (Phi) is 6.61. The number of rotatable bonds is 5. The van der Waals surface area contributed by atoms with Crippen LogP contribution < -0.4 is 4.74 Å². The fraction of sp³-hybridized carbons (Fsp3) is 0.611. The van der Waals surface area contributed by atoms with Crippen LogP contribution in [0.5, 0.6) is 5.75 Å². The Labute approximate surface area is 148 Å². The van der Waals surface area contributed by atoms with E-state index in [4.69, 9.17) is 9.47 Å². The molecule has 0 spiro atoms. The maximum absolute atomic E-state index is 13.5. The van der Waals surface area contributed by atoms with Crippen LogP contribution in [0.25, 0.3) is 0 Å². The number of halogens is 1. The second-order valence-corrected chi connectivity index (χ2v) is 7.16. The third kappa shape index (κ3) is 6.51. The van der Waals surface area contributed by atoms with Crippen LogP contribution in [0.3, 0.4) is 0 Å². The van der Waals surface area contributed by atoms with Gasteiger partial charge in [-0.3, -0.25) is 4.90 Å². The van der Waals surface area contributed by atoms with Crippen LogP contribution in [0, 0.1) is 5.82 Å². The van der Waals surface area contributed by atoms with Gasteiger partial charge >= 0.3 is 6.09 Å². The van der Waals surface area contributed by atoms with E-state index in [0.717, 1.165) is 0 Å². The van der Waals surface area contributed by atoms with Crippen LogP contribution in [0.15, 0.2) is 24.3 Å². The molecule has 1 N–H and O–H groups in total. The Hall–Kier alpha value is -1.86. The molecule has 140 valence electrons. The van der Waals surface area contributed by atoms with Gasteiger partial charge in [-0.05, 0) is 32.9 Å². The molecular weight excluding hydrogens is 327 g/mol. The number of para-hydroxylation sites is 1. The number of hydrogen-bond acceptors (Lipinski definition) is 5. The van der Waals surface area contributed by atoms with Crippen LogP contribution in [0.4, 0.5) is 9.18 Å². The minimum Gasteiger partial charge on any atom is -0.488 e. The number of carbonyl (C=O) groups excluding carboxylic acids is 1. The highest BCUT2D eigenvalue weighted by molar-refractivity contribution is 5.68. The van der Waals surface area contributed by atoms with E-state index in [1.165, 1.54) is 12.1 Å². The van der Waals surface area contributed by atoms with Gasteiger partial charge in [-0.1, -0.05) is 12.1 Å². The molecule has 1 fully saturated rings. The predicted octanol–water partition coefficient (Wildman–Crippen LogP) is 2.12. The molecule has 0 bridgehead atoms. The van der Waals surface area contributed by atoms with Crippen molar-refractivity contribution in [1.82, 2.24) is 9.80 Å². The first-order valence-corrected chi connectivity index (χ1v) is 8.50. The van der Waals surface area contributed by atoms with Crippen molar-refractivity contribution >= 4 is 6.09 Å². The maximum atomic E-state index is 13.5. The quantitative estimate of drug-likeness (QED) is 0.878. The lowest BCUT2D eigenvalue weighted by Crippen LogP contribution is -2.51. The van der Waals surface area contributed by atoms with Crippen LogP contribution in [0.1, 0.15) is 20.8 Å². The smallest absolute Gasteiger partial charge is 0.410 e. The molecule has 0 saturated carbocycles. The van der Waals surface area contributed by atoms with E-state index in [2.05, 4.69) is 4.90 Å². The van der Waals surface area contributed by atoms with Gasteiger partial charge in [0.2, 0.25) is 0 Å². The Morgan fingerprint density at radius 1 is 1.24 bits per heavy atom. The fourth-order valence-electron chi connectivity index (χ4n) is 2.54. The normalized spacial score (nSPS) is 17.2. The molecule has 0 aromatic heterocycles. The zero-order valence-corrected chi connectivity index (χ0v) is 15.1. The van der Waals surface area contributed by atoms with Crippen LogP contribution in [-0.4, -0.2) is 72.0 Å². The van der Waals surface area contributed by atoms with E-state index < -0.39 is 17.5 Å². The molecule has 1 aromatic rings. The minimum atomic E-state index is -0.729. The minimum absolute atomic E-state index is 0.0210. The van der Waals surface area contributed by atoms with Crippen molar-refractivity contribution in [3.05, 3.63) is 30.1 Å². The van der Waals surface area contributed by atoms with Crippen molar-refractivity contribution in [2.24, 2.45) is 0 Å². The largest absolute Gasteiger partial charge is 0.488 e. The molecule has 1 amide bonds.